The highest BCUT2D eigenvalue weighted by atomic mass is 32.2. The average molecular weight is 348 g/mol. The van der Waals surface area contributed by atoms with Crippen LogP contribution in [-0.4, -0.2) is 15.3 Å². The molecule has 6 heteroatoms. The zero-order valence-corrected chi connectivity index (χ0v) is 15.4. The molecular formula is C17H21N3OS2. The number of nitriles is 1. The van der Waals surface area contributed by atoms with Crippen LogP contribution in [0.4, 0.5) is 0 Å². The normalized spacial score (nSPS) is 18.6. The predicted octanol–water partition coefficient (Wildman–Crippen LogP) is 3.85. The number of thioether (sulfide) groups is 1. The van der Waals surface area contributed by atoms with Gasteiger partial charge in [-0.3, -0.25) is 9.36 Å². The zero-order chi connectivity index (χ0) is 16.6. The summed E-state index contributed by atoms with van der Waals surface area (Å²) in [5.74, 6) is 1.31. The lowest BCUT2D eigenvalue weighted by Crippen LogP contribution is -2.23. The molecule has 0 spiro atoms. The van der Waals surface area contributed by atoms with Crippen LogP contribution in [0, 0.1) is 23.2 Å². The molecule has 1 aliphatic carbocycles. The highest BCUT2D eigenvalue weighted by Crippen LogP contribution is 2.36. The molecule has 2 heterocycles. The predicted molar refractivity (Wildman–Crippen MR) is 96.2 cm³/mol. The number of nitrogens with zero attached hydrogens (tertiary/aromatic N) is 3. The maximum absolute atomic E-state index is 13.0. The number of aromatic nitrogens is 2. The smallest absolute Gasteiger partial charge is 0.263 e. The maximum atomic E-state index is 13.0. The van der Waals surface area contributed by atoms with Gasteiger partial charge in [0, 0.05) is 17.2 Å². The van der Waals surface area contributed by atoms with Crippen LogP contribution >= 0.6 is 23.1 Å². The van der Waals surface area contributed by atoms with Crippen LogP contribution < -0.4 is 5.56 Å². The largest absolute Gasteiger partial charge is 0.287 e. The number of rotatable bonds is 4. The van der Waals surface area contributed by atoms with E-state index in [0.29, 0.717) is 18.2 Å². The first-order chi connectivity index (χ1) is 11.0. The van der Waals surface area contributed by atoms with Gasteiger partial charge in [-0.15, -0.1) is 11.3 Å². The molecule has 0 saturated heterocycles. The summed E-state index contributed by atoms with van der Waals surface area (Å²) in [5.41, 5.74) is 1.33. The van der Waals surface area contributed by atoms with E-state index in [9.17, 15) is 4.79 Å². The third kappa shape index (κ3) is 3.05. The number of aryl methyl sites for hydroxylation is 1. The Labute approximate surface area is 144 Å². The van der Waals surface area contributed by atoms with Crippen molar-refractivity contribution >= 4 is 33.3 Å². The lowest BCUT2D eigenvalue weighted by atomic mass is 9.89. The maximum Gasteiger partial charge on any atom is 0.263 e. The van der Waals surface area contributed by atoms with Crippen molar-refractivity contribution in [3.63, 3.8) is 0 Å². The zero-order valence-electron chi connectivity index (χ0n) is 13.8. The lowest BCUT2D eigenvalue weighted by molar-refractivity contribution is 0.509. The van der Waals surface area contributed by atoms with Gasteiger partial charge in [0.05, 0.1) is 17.4 Å². The van der Waals surface area contributed by atoms with Crippen molar-refractivity contribution in [2.24, 2.45) is 11.8 Å². The molecule has 0 radical (unpaired) electrons. The van der Waals surface area contributed by atoms with E-state index in [2.05, 4.69) is 13.0 Å². The van der Waals surface area contributed by atoms with Gasteiger partial charge in [0.25, 0.3) is 5.56 Å². The summed E-state index contributed by atoms with van der Waals surface area (Å²) in [6.07, 6.45) is 3.21. The van der Waals surface area contributed by atoms with E-state index < -0.39 is 0 Å². The Hall–Kier alpha value is -1.32. The van der Waals surface area contributed by atoms with Crippen molar-refractivity contribution in [3.8, 4) is 6.07 Å². The number of hydrogen-bond donors (Lipinski definition) is 0. The molecule has 4 nitrogen and oxygen atoms in total. The minimum Gasteiger partial charge on any atom is -0.287 e. The van der Waals surface area contributed by atoms with E-state index >= 15 is 0 Å². The molecule has 2 aromatic rings. The molecule has 0 aliphatic heterocycles. The second-order valence-corrected chi connectivity index (χ2v) is 8.39. The highest BCUT2D eigenvalue weighted by molar-refractivity contribution is 7.99. The minimum absolute atomic E-state index is 0.0460. The molecule has 2 aromatic heterocycles. The minimum atomic E-state index is -0.0460. The van der Waals surface area contributed by atoms with Crippen molar-refractivity contribution in [3.05, 3.63) is 20.8 Å². The second-order valence-electron chi connectivity index (χ2n) is 6.32. The topological polar surface area (TPSA) is 58.7 Å². The SMILES string of the molecule is CCn1c(SC[C@H](C)C#N)nc2sc3c(c2c1=O)CC[C@H](C)C3. The summed E-state index contributed by atoms with van der Waals surface area (Å²) < 4.78 is 1.77. The van der Waals surface area contributed by atoms with E-state index in [1.165, 1.54) is 22.2 Å². The highest BCUT2D eigenvalue weighted by Gasteiger charge is 2.24. The van der Waals surface area contributed by atoms with Crippen molar-refractivity contribution in [2.75, 3.05) is 5.75 Å². The van der Waals surface area contributed by atoms with Gasteiger partial charge >= 0.3 is 0 Å². The van der Waals surface area contributed by atoms with Crippen molar-refractivity contribution in [2.45, 2.75) is 51.7 Å². The monoisotopic (exact) mass is 347 g/mol. The molecule has 0 amide bonds. The molecule has 0 N–H and O–H groups in total. The van der Waals surface area contributed by atoms with Gasteiger partial charge in [0.1, 0.15) is 4.83 Å². The lowest BCUT2D eigenvalue weighted by Gasteiger charge is -2.17. The summed E-state index contributed by atoms with van der Waals surface area (Å²) in [7, 11) is 0. The van der Waals surface area contributed by atoms with Crippen molar-refractivity contribution in [1.82, 2.24) is 9.55 Å². The Bertz CT molecular complexity index is 831. The fourth-order valence-corrected chi connectivity index (χ4v) is 5.46. The van der Waals surface area contributed by atoms with Crippen LogP contribution in [0.3, 0.4) is 0 Å². The molecule has 23 heavy (non-hydrogen) atoms. The van der Waals surface area contributed by atoms with Gasteiger partial charge in [-0.1, -0.05) is 18.7 Å². The Morgan fingerprint density at radius 3 is 3.04 bits per heavy atom. The van der Waals surface area contributed by atoms with Crippen LogP contribution in [0.25, 0.3) is 10.2 Å². The quantitative estimate of drug-likeness (QED) is 0.622. The molecule has 0 bridgehead atoms. The number of hydrogen-bond acceptors (Lipinski definition) is 5. The fourth-order valence-electron chi connectivity index (χ4n) is 3.03. The van der Waals surface area contributed by atoms with E-state index in [4.69, 9.17) is 10.2 Å². The second kappa shape index (κ2) is 6.66. The van der Waals surface area contributed by atoms with Crippen molar-refractivity contribution < 1.29 is 0 Å². The van der Waals surface area contributed by atoms with E-state index in [1.54, 1.807) is 15.9 Å². The van der Waals surface area contributed by atoms with Crippen LogP contribution in [0.15, 0.2) is 9.95 Å². The first-order valence-corrected chi connectivity index (χ1v) is 9.92. The molecule has 122 valence electrons. The summed E-state index contributed by atoms with van der Waals surface area (Å²) >= 11 is 3.20. The average Bonchev–Trinajstić information content (AvgIpc) is 2.89. The molecule has 0 saturated carbocycles. The third-order valence-electron chi connectivity index (χ3n) is 4.38. The van der Waals surface area contributed by atoms with Gasteiger partial charge in [0.15, 0.2) is 5.16 Å². The van der Waals surface area contributed by atoms with Gasteiger partial charge in [-0.05, 0) is 44.6 Å². The molecule has 0 fully saturated rings. The molecular weight excluding hydrogens is 326 g/mol. The molecule has 0 unspecified atom stereocenters. The van der Waals surface area contributed by atoms with Gasteiger partial charge in [-0.25, -0.2) is 4.98 Å². The Balaban J connectivity index is 2.09. The Morgan fingerprint density at radius 1 is 1.57 bits per heavy atom. The molecule has 3 rings (SSSR count). The Morgan fingerprint density at radius 2 is 2.35 bits per heavy atom. The summed E-state index contributed by atoms with van der Waals surface area (Å²) in [5, 5.41) is 10.5. The van der Waals surface area contributed by atoms with E-state index in [0.717, 1.165) is 34.6 Å². The van der Waals surface area contributed by atoms with E-state index in [-0.39, 0.29) is 11.5 Å². The Kier molecular flexibility index (Phi) is 4.79. The molecule has 1 aliphatic rings. The first kappa shape index (κ1) is 16.5. The third-order valence-corrected chi connectivity index (χ3v) is 6.76. The van der Waals surface area contributed by atoms with Crippen LogP contribution in [0.5, 0.6) is 0 Å². The molecule has 0 aromatic carbocycles. The number of thiophene rings is 1. The standard InChI is InChI=1S/C17H21N3OS2/c1-4-20-16(21)14-12-6-5-10(2)7-13(12)23-15(14)19-17(20)22-9-11(3)8-18/h10-11H,4-7,9H2,1-3H3/t10-,11+/m0/s1. The van der Waals surface area contributed by atoms with Crippen molar-refractivity contribution in [1.29, 1.82) is 5.26 Å². The summed E-state index contributed by atoms with van der Waals surface area (Å²) in [6, 6.07) is 2.24. The van der Waals surface area contributed by atoms with Gasteiger partial charge in [0.2, 0.25) is 0 Å². The fraction of sp³-hybridized carbons (Fsp3) is 0.588. The first-order valence-electron chi connectivity index (χ1n) is 8.12. The van der Waals surface area contributed by atoms with Gasteiger partial charge in [-0.2, -0.15) is 5.26 Å². The summed E-state index contributed by atoms with van der Waals surface area (Å²) in [4.78, 5) is 20.0. The van der Waals surface area contributed by atoms with Crippen LogP contribution in [0.2, 0.25) is 0 Å². The van der Waals surface area contributed by atoms with Gasteiger partial charge < -0.3 is 0 Å². The van der Waals surface area contributed by atoms with Crippen LogP contribution in [0.1, 0.15) is 37.6 Å². The van der Waals surface area contributed by atoms with E-state index in [1.807, 2.05) is 13.8 Å². The summed E-state index contributed by atoms with van der Waals surface area (Å²) in [6.45, 7) is 6.76. The number of fused-ring (bicyclic) bond motifs is 3. The molecule has 2 atom stereocenters. The van der Waals surface area contributed by atoms with Crippen LogP contribution in [-0.2, 0) is 19.4 Å².